The molecule has 20 heavy (non-hydrogen) atoms. The SMILES string of the molecule is CNC(Cc1csc2ccccc12)c1cccc(F)c1. The molecule has 0 aliphatic carbocycles. The molecule has 1 aromatic heterocycles. The van der Waals surface area contributed by atoms with Crippen molar-refractivity contribution >= 4 is 21.4 Å². The second kappa shape index (κ2) is 5.73. The lowest BCUT2D eigenvalue weighted by Crippen LogP contribution is -2.18. The molecule has 0 spiro atoms. The zero-order chi connectivity index (χ0) is 13.9. The normalized spacial score (nSPS) is 12.7. The summed E-state index contributed by atoms with van der Waals surface area (Å²) in [4.78, 5) is 0. The summed E-state index contributed by atoms with van der Waals surface area (Å²) < 4.78 is 14.7. The molecule has 2 aromatic carbocycles. The molecule has 1 heterocycles. The van der Waals surface area contributed by atoms with E-state index in [1.807, 2.05) is 13.1 Å². The van der Waals surface area contributed by atoms with Gasteiger partial charge in [-0.1, -0.05) is 30.3 Å². The van der Waals surface area contributed by atoms with Crippen LogP contribution in [0.1, 0.15) is 17.2 Å². The smallest absolute Gasteiger partial charge is 0.123 e. The summed E-state index contributed by atoms with van der Waals surface area (Å²) in [7, 11) is 1.92. The molecule has 1 unspecified atom stereocenters. The first-order valence-electron chi connectivity index (χ1n) is 6.66. The monoisotopic (exact) mass is 285 g/mol. The van der Waals surface area contributed by atoms with Gasteiger partial charge in [-0.05, 0) is 53.6 Å². The maximum absolute atomic E-state index is 13.4. The third kappa shape index (κ3) is 2.60. The predicted octanol–water partition coefficient (Wildman–Crippen LogP) is 4.54. The maximum atomic E-state index is 13.4. The largest absolute Gasteiger partial charge is 0.313 e. The van der Waals surface area contributed by atoms with Crippen LogP contribution >= 0.6 is 11.3 Å². The van der Waals surface area contributed by atoms with Gasteiger partial charge in [0, 0.05) is 10.7 Å². The van der Waals surface area contributed by atoms with E-state index < -0.39 is 0 Å². The number of hydrogen-bond acceptors (Lipinski definition) is 2. The first-order chi connectivity index (χ1) is 9.78. The van der Waals surface area contributed by atoms with Crippen molar-refractivity contribution in [2.45, 2.75) is 12.5 Å². The van der Waals surface area contributed by atoms with Crippen molar-refractivity contribution in [1.82, 2.24) is 5.32 Å². The topological polar surface area (TPSA) is 12.0 Å². The van der Waals surface area contributed by atoms with Gasteiger partial charge < -0.3 is 5.32 Å². The van der Waals surface area contributed by atoms with Gasteiger partial charge in [-0.2, -0.15) is 0 Å². The summed E-state index contributed by atoms with van der Waals surface area (Å²) >= 11 is 1.76. The number of benzene rings is 2. The van der Waals surface area contributed by atoms with E-state index in [0.29, 0.717) is 0 Å². The molecule has 0 saturated carbocycles. The molecule has 3 heteroatoms. The molecule has 102 valence electrons. The quantitative estimate of drug-likeness (QED) is 0.742. The summed E-state index contributed by atoms with van der Waals surface area (Å²) in [5, 5.41) is 6.79. The molecule has 3 aromatic rings. The average Bonchev–Trinajstić information content (AvgIpc) is 2.88. The molecule has 0 saturated heterocycles. The van der Waals surface area contributed by atoms with Gasteiger partial charge in [-0.3, -0.25) is 0 Å². The molecular weight excluding hydrogens is 269 g/mol. The Morgan fingerprint density at radius 1 is 1.15 bits per heavy atom. The van der Waals surface area contributed by atoms with Crippen LogP contribution in [0.25, 0.3) is 10.1 Å². The van der Waals surface area contributed by atoms with E-state index in [2.05, 4.69) is 35.0 Å². The fraction of sp³-hybridized carbons (Fsp3) is 0.176. The van der Waals surface area contributed by atoms with Gasteiger partial charge >= 0.3 is 0 Å². The molecule has 3 rings (SSSR count). The second-order valence-corrected chi connectivity index (χ2v) is 5.77. The van der Waals surface area contributed by atoms with Gasteiger partial charge in [0.1, 0.15) is 5.82 Å². The summed E-state index contributed by atoms with van der Waals surface area (Å²) in [6, 6.07) is 15.4. The summed E-state index contributed by atoms with van der Waals surface area (Å²) in [5.74, 6) is -0.182. The van der Waals surface area contributed by atoms with Crippen LogP contribution in [-0.4, -0.2) is 7.05 Å². The Morgan fingerprint density at radius 2 is 2.00 bits per heavy atom. The van der Waals surface area contributed by atoms with Crippen LogP contribution < -0.4 is 5.32 Å². The molecule has 0 radical (unpaired) electrons. The highest BCUT2D eigenvalue weighted by Gasteiger charge is 2.13. The van der Waals surface area contributed by atoms with Gasteiger partial charge in [0.15, 0.2) is 0 Å². The van der Waals surface area contributed by atoms with Gasteiger partial charge in [-0.15, -0.1) is 11.3 Å². The Morgan fingerprint density at radius 3 is 2.80 bits per heavy atom. The highest BCUT2D eigenvalue weighted by atomic mass is 32.1. The number of likely N-dealkylation sites (N-methyl/N-ethyl adjacent to an activating group) is 1. The van der Waals surface area contributed by atoms with Crippen LogP contribution in [0, 0.1) is 5.82 Å². The van der Waals surface area contributed by atoms with Crippen molar-refractivity contribution in [2.24, 2.45) is 0 Å². The van der Waals surface area contributed by atoms with Gasteiger partial charge in [0.05, 0.1) is 0 Å². The minimum absolute atomic E-state index is 0.128. The third-order valence-corrected chi connectivity index (χ3v) is 4.60. The molecule has 1 atom stereocenters. The second-order valence-electron chi connectivity index (χ2n) is 4.86. The minimum atomic E-state index is -0.182. The van der Waals surface area contributed by atoms with Crippen LogP contribution in [0.2, 0.25) is 0 Å². The number of hydrogen-bond donors (Lipinski definition) is 1. The van der Waals surface area contributed by atoms with Crippen molar-refractivity contribution in [3.8, 4) is 0 Å². The predicted molar refractivity (Wildman–Crippen MR) is 83.7 cm³/mol. The Bertz CT molecular complexity index is 720. The fourth-order valence-electron chi connectivity index (χ4n) is 2.52. The van der Waals surface area contributed by atoms with E-state index in [1.54, 1.807) is 23.5 Å². The van der Waals surface area contributed by atoms with E-state index in [4.69, 9.17) is 0 Å². The molecule has 0 bridgehead atoms. The maximum Gasteiger partial charge on any atom is 0.123 e. The van der Waals surface area contributed by atoms with E-state index in [9.17, 15) is 4.39 Å². The number of thiophene rings is 1. The Hall–Kier alpha value is -1.71. The Kier molecular flexibility index (Phi) is 3.81. The standard InChI is InChI=1S/C17H16FNS/c1-19-16(12-5-4-6-14(18)9-12)10-13-11-20-17-8-3-2-7-15(13)17/h2-9,11,16,19H,10H2,1H3. The van der Waals surface area contributed by atoms with E-state index >= 15 is 0 Å². The van der Waals surface area contributed by atoms with Crippen molar-refractivity contribution in [3.63, 3.8) is 0 Å². The molecule has 1 N–H and O–H groups in total. The summed E-state index contributed by atoms with van der Waals surface area (Å²) in [5.41, 5.74) is 2.30. The lowest BCUT2D eigenvalue weighted by molar-refractivity contribution is 0.579. The van der Waals surface area contributed by atoms with Crippen LogP contribution in [0.4, 0.5) is 4.39 Å². The van der Waals surface area contributed by atoms with Gasteiger partial charge in [0.25, 0.3) is 0 Å². The first kappa shape index (κ1) is 13.3. The average molecular weight is 285 g/mol. The summed E-state index contributed by atoms with van der Waals surface area (Å²) in [6.07, 6.45) is 0.865. The lowest BCUT2D eigenvalue weighted by atomic mass is 9.98. The van der Waals surface area contributed by atoms with Gasteiger partial charge in [0.2, 0.25) is 0 Å². The van der Waals surface area contributed by atoms with Crippen LogP contribution in [0.3, 0.4) is 0 Å². The van der Waals surface area contributed by atoms with E-state index in [0.717, 1.165) is 12.0 Å². The van der Waals surface area contributed by atoms with Crippen molar-refractivity contribution in [1.29, 1.82) is 0 Å². The third-order valence-electron chi connectivity index (χ3n) is 3.58. The molecule has 0 aliphatic rings. The Labute approximate surface area is 122 Å². The molecule has 0 aliphatic heterocycles. The fourth-order valence-corrected chi connectivity index (χ4v) is 3.50. The Balaban J connectivity index is 1.92. The molecule has 0 fully saturated rings. The van der Waals surface area contributed by atoms with Crippen LogP contribution in [0.5, 0.6) is 0 Å². The number of halogens is 1. The lowest BCUT2D eigenvalue weighted by Gasteiger charge is -2.16. The molecule has 1 nitrogen and oxygen atoms in total. The number of rotatable bonds is 4. The van der Waals surface area contributed by atoms with E-state index in [-0.39, 0.29) is 11.9 Å². The van der Waals surface area contributed by atoms with Crippen molar-refractivity contribution < 1.29 is 4.39 Å². The number of nitrogens with one attached hydrogen (secondary N) is 1. The number of fused-ring (bicyclic) bond motifs is 1. The highest BCUT2D eigenvalue weighted by Crippen LogP contribution is 2.29. The van der Waals surface area contributed by atoms with Crippen molar-refractivity contribution in [2.75, 3.05) is 7.05 Å². The van der Waals surface area contributed by atoms with E-state index in [1.165, 1.54) is 21.7 Å². The summed E-state index contributed by atoms with van der Waals surface area (Å²) in [6.45, 7) is 0. The van der Waals surface area contributed by atoms with Crippen LogP contribution in [0.15, 0.2) is 53.9 Å². The highest BCUT2D eigenvalue weighted by molar-refractivity contribution is 7.17. The zero-order valence-electron chi connectivity index (χ0n) is 11.3. The van der Waals surface area contributed by atoms with Gasteiger partial charge in [-0.25, -0.2) is 4.39 Å². The first-order valence-corrected chi connectivity index (χ1v) is 7.54. The minimum Gasteiger partial charge on any atom is -0.313 e. The molecule has 0 amide bonds. The molecular formula is C17H16FNS. The zero-order valence-corrected chi connectivity index (χ0v) is 12.1. The van der Waals surface area contributed by atoms with Crippen molar-refractivity contribution in [3.05, 3.63) is 70.9 Å². The van der Waals surface area contributed by atoms with Crippen LogP contribution in [-0.2, 0) is 6.42 Å².